The van der Waals surface area contributed by atoms with Crippen molar-refractivity contribution in [2.24, 2.45) is 28.9 Å². The van der Waals surface area contributed by atoms with Gasteiger partial charge in [0.15, 0.2) is 0 Å². The lowest BCUT2D eigenvalue weighted by molar-refractivity contribution is 0.0653. The molecule has 0 heterocycles. The number of hydrogen-bond donors (Lipinski definition) is 1. The minimum atomic E-state index is -0.0792. The molecule has 1 heteroatoms. The zero-order chi connectivity index (χ0) is 12.4. The molecule has 0 bridgehead atoms. The highest BCUT2D eigenvalue weighted by molar-refractivity contribution is 4.90. The Morgan fingerprint density at radius 3 is 1.60 bits per heavy atom. The molecular formula is C14H31N. The van der Waals surface area contributed by atoms with Crippen molar-refractivity contribution in [3.05, 3.63) is 0 Å². The second-order valence-corrected chi connectivity index (χ2v) is 6.53. The molecule has 2 N–H and O–H groups in total. The van der Waals surface area contributed by atoms with E-state index in [0.717, 1.165) is 5.92 Å². The lowest BCUT2D eigenvalue weighted by atomic mass is 9.62. The fourth-order valence-corrected chi connectivity index (χ4v) is 2.26. The molecule has 1 nitrogen and oxygen atoms in total. The topological polar surface area (TPSA) is 26.0 Å². The zero-order valence-electron chi connectivity index (χ0n) is 12.0. The number of nitrogens with two attached hydrogens (primary N) is 1. The summed E-state index contributed by atoms with van der Waals surface area (Å²) in [6, 6.07) is 0. The minimum Gasteiger partial charge on any atom is -0.325 e. The largest absolute Gasteiger partial charge is 0.325 e. The number of hydrogen-bond acceptors (Lipinski definition) is 1. The summed E-state index contributed by atoms with van der Waals surface area (Å²) < 4.78 is 0. The van der Waals surface area contributed by atoms with E-state index in [1.807, 2.05) is 0 Å². The maximum Gasteiger partial charge on any atom is 0.0125 e. The van der Waals surface area contributed by atoms with E-state index in [-0.39, 0.29) is 5.54 Å². The summed E-state index contributed by atoms with van der Waals surface area (Å²) in [6.07, 6.45) is 1.25. The molecule has 0 spiro atoms. The Morgan fingerprint density at radius 2 is 1.33 bits per heavy atom. The third-order valence-corrected chi connectivity index (χ3v) is 4.98. The standard InChI is InChI=1S/C14H31N/c1-9-10(2)13(5,6)11(3)12(4)14(7,8)15/h10-12H,9,15H2,1-8H3/t10-,11?,12-/m1/s1. The van der Waals surface area contributed by atoms with Crippen molar-refractivity contribution in [2.75, 3.05) is 0 Å². The lowest BCUT2D eigenvalue weighted by Crippen LogP contribution is -2.47. The van der Waals surface area contributed by atoms with Crippen LogP contribution in [-0.4, -0.2) is 5.54 Å². The van der Waals surface area contributed by atoms with Gasteiger partial charge in [-0.3, -0.25) is 0 Å². The first kappa shape index (κ1) is 15.0. The van der Waals surface area contributed by atoms with Gasteiger partial charge in [0.05, 0.1) is 0 Å². The van der Waals surface area contributed by atoms with Gasteiger partial charge in [-0.1, -0.05) is 48.0 Å². The van der Waals surface area contributed by atoms with Crippen molar-refractivity contribution in [1.29, 1.82) is 0 Å². The fraction of sp³-hybridized carbons (Fsp3) is 1.00. The summed E-state index contributed by atoms with van der Waals surface area (Å²) in [7, 11) is 0. The van der Waals surface area contributed by atoms with E-state index in [2.05, 4.69) is 55.4 Å². The Hall–Kier alpha value is -0.0400. The van der Waals surface area contributed by atoms with Crippen LogP contribution in [0.25, 0.3) is 0 Å². The van der Waals surface area contributed by atoms with Crippen molar-refractivity contribution in [3.63, 3.8) is 0 Å². The quantitative estimate of drug-likeness (QED) is 0.732. The van der Waals surface area contributed by atoms with E-state index in [4.69, 9.17) is 5.73 Å². The molecule has 0 fully saturated rings. The monoisotopic (exact) mass is 213 g/mol. The highest BCUT2D eigenvalue weighted by Crippen LogP contribution is 2.42. The fourth-order valence-electron chi connectivity index (χ4n) is 2.26. The van der Waals surface area contributed by atoms with E-state index < -0.39 is 0 Å². The average Bonchev–Trinajstić information content (AvgIpc) is 2.12. The summed E-state index contributed by atoms with van der Waals surface area (Å²) in [5.41, 5.74) is 6.50. The summed E-state index contributed by atoms with van der Waals surface area (Å²) in [5, 5.41) is 0. The van der Waals surface area contributed by atoms with Gasteiger partial charge in [0.25, 0.3) is 0 Å². The lowest BCUT2D eigenvalue weighted by Gasteiger charge is -2.44. The third-order valence-electron chi connectivity index (χ3n) is 4.98. The maximum atomic E-state index is 6.22. The van der Waals surface area contributed by atoms with Crippen LogP contribution < -0.4 is 5.73 Å². The molecule has 0 rings (SSSR count). The van der Waals surface area contributed by atoms with Gasteiger partial charge in [0.1, 0.15) is 0 Å². The van der Waals surface area contributed by atoms with E-state index in [1.54, 1.807) is 0 Å². The molecule has 0 saturated heterocycles. The van der Waals surface area contributed by atoms with Crippen LogP contribution in [0.2, 0.25) is 0 Å². The Balaban J connectivity index is 4.76. The predicted molar refractivity (Wildman–Crippen MR) is 69.8 cm³/mol. The molecule has 0 aliphatic heterocycles. The average molecular weight is 213 g/mol. The van der Waals surface area contributed by atoms with Gasteiger partial charge in [0, 0.05) is 5.54 Å². The molecular weight excluding hydrogens is 182 g/mol. The van der Waals surface area contributed by atoms with Gasteiger partial charge in [0.2, 0.25) is 0 Å². The van der Waals surface area contributed by atoms with Crippen LogP contribution in [0.4, 0.5) is 0 Å². The molecule has 0 saturated carbocycles. The van der Waals surface area contributed by atoms with Crippen LogP contribution in [0.15, 0.2) is 0 Å². The van der Waals surface area contributed by atoms with Crippen LogP contribution in [0, 0.1) is 23.2 Å². The van der Waals surface area contributed by atoms with Gasteiger partial charge in [-0.2, -0.15) is 0 Å². The van der Waals surface area contributed by atoms with Gasteiger partial charge in [-0.25, -0.2) is 0 Å². The molecule has 0 aromatic rings. The van der Waals surface area contributed by atoms with Gasteiger partial charge >= 0.3 is 0 Å². The molecule has 0 aliphatic carbocycles. The summed E-state index contributed by atoms with van der Waals surface area (Å²) in [5.74, 6) is 1.94. The molecule has 92 valence electrons. The van der Waals surface area contributed by atoms with Gasteiger partial charge in [-0.15, -0.1) is 0 Å². The van der Waals surface area contributed by atoms with Gasteiger partial charge in [-0.05, 0) is 37.0 Å². The highest BCUT2D eigenvalue weighted by atomic mass is 14.7. The Morgan fingerprint density at radius 1 is 0.933 bits per heavy atom. The Bertz CT molecular complexity index is 188. The number of rotatable bonds is 5. The molecule has 0 aromatic carbocycles. The Kier molecular flexibility index (Phi) is 4.85. The van der Waals surface area contributed by atoms with Crippen molar-refractivity contribution in [2.45, 2.75) is 67.3 Å². The van der Waals surface area contributed by atoms with Crippen LogP contribution >= 0.6 is 0 Å². The zero-order valence-corrected chi connectivity index (χ0v) is 12.0. The SMILES string of the molecule is CC[C@@H](C)C(C)(C)C(C)[C@@H](C)C(C)(C)N. The van der Waals surface area contributed by atoms with Crippen LogP contribution in [-0.2, 0) is 0 Å². The van der Waals surface area contributed by atoms with Crippen molar-refractivity contribution >= 4 is 0 Å². The van der Waals surface area contributed by atoms with Gasteiger partial charge < -0.3 is 5.73 Å². The molecule has 15 heavy (non-hydrogen) atoms. The minimum absolute atomic E-state index is 0.0792. The molecule has 1 unspecified atom stereocenters. The molecule has 0 amide bonds. The summed E-state index contributed by atoms with van der Waals surface area (Å²) in [4.78, 5) is 0. The molecule has 0 aliphatic rings. The van der Waals surface area contributed by atoms with Crippen LogP contribution in [0.5, 0.6) is 0 Å². The molecule has 0 radical (unpaired) electrons. The maximum absolute atomic E-state index is 6.22. The summed E-state index contributed by atoms with van der Waals surface area (Å²) >= 11 is 0. The molecule has 3 atom stereocenters. The van der Waals surface area contributed by atoms with E-state index in [0.29, 0.717) is 17.3 Å². The Labute approximate surface area is 96.8 Å². The normalized spacial score (nSPS) is 19.8. The third kappa shape index (κ3) is 3.48. The van der Waals surface area contributed by atoms with Crippen molar-refractivity contribution in [1.82, 2.24) is 0 Å². The van der Waals surface area contributed by atoms with E-state index in [1.165, 1.54) is 6.42 Å². The van der Waals surface area contributed by atoms with Crippen molar-refractivity contribution < 1.29 is 0 Å². The first-order valence-electron chi connectivity index (χ1n) is 6.34. The summed E-state index contributed by atoms with van der Waals surface area (Å²) in [6.45, 7) is 18.3. The smallest absolute Gasteiger partial charge is 0.0125 e. The van der Waals surface area contributed by atoms with E-state index >= 15 is 0 Å². The second kappa shape index (κ2) is 4.86. The second-order valence-electron chi connectivity index (χ2n) is 6.53. The van der Waals surface area contributed by atoms with Crippen LogP contribution in [0.1, 0.15) is 61.8 Å². The highest BCUT2D eigenvalue weighted by Gasteiger charge is 2.38. The first-order chi connectivity index (χ1) is 6.55. The predicted octanol–water partition coefficient (Wildman–Crippen LogP) is 4.07. The van der Waals surface area contributed by atoms with E-state index in [9.17, 15) is 0 Å². The van der Waals surface area contributed by atoms with Crippen molar-refractivity contribution in [3.8, 4) is 0 Å². The van der Waals surface area contributed by atoms with Crippen LogP contribution in [0.3, 0.4) is 0 Å². The molecule has 0 aromatic heterocycles. The first-order valence-corrected chi connectivity index (χ1v) is 6.34.